The Bertz CT molecular complexity index is 1080. The van der Waals surface area contributed by atoms with Crippen molar-refractivity contribution in [2.24, 2.45) is 0 Å². The van der Waals surface area contributed by atoms with Gasteiger partial charge in [-0.05, 0) is 28.8 Å². The van der Waals surface area contributed by atoms with Gasteiger partial charge in [-0.15, -0.1) is 0 Å². The summed E-state index contributed by atoms with van der Waals surface area (Å²) in [4.78, 5) is 25.8. The van der Waals surface area contributed by atoms with Crippen molar-refractivity contribution in [3.63, 3.8) is 0 Å². The molecule has 0 aromatic heterocycles. The Morgan fingerprint density at radius 1 is 0.939 bits per heavy atom. The van der Waals surface area contributed by atoms with Gasteiger partial charge in [-0.2, -0.15) is 0 Å². The molecule has 0 aliphatic rings. The summed E-state index contributed by atoms with van der Waals surface area (Å²) in [5.74, 6) is -0.379. The second-order valence-corrected chi connectivity index (χ2v) is 7.75. The predicted molar refractivity (Wildman–Crippen MR) is 128 cm³/mol. The minimum Gasteiger partial charge on any atom is -0.496 e. The van der Waals surface area contributed by atoms with E-state index in [4.69, 9.17) is 9.47 Å². The Kier molecular flexibility index (Phi) is 7.91. The highest BCUT2D eigenvalue weighted by molar-refractivity contribution is 5.84. The molecule has 33 heavy (non-hydrogen) atoms. The molecule has 3 aromatic rings. The number of carbonyl (C=O) groups is 2. The highest BCUT2D eigenvalue weighted by Crippen LogP contribution is 2.38. The van der Waals surface area contributed by atoms with Crippen LogP contribution in [0.2, 0.25) is 0 Å². The molecule has 3 rings (SSSR count). The van der Waals surface area contributed by atoms with E-state index in [-0.39, 0.29) is 13.0 Å². The Labute approximate surface area is 193 Å². The molecule has 0 radical (unpaired) electrons. The Balaban J connectivity index is 1.70. The second kappa shape index (κ2) is 11.0. The van der Waals surface area contributed by atoms with Crippen molar-refractivity contribution >= 4 is 17.7 Å². The number of amides is 1. The number of carboxylic acid groups (broad SMARTS) is 1. The topological polar surface area (TPSA) is 88.1 Å². The number of nitrogens with zero attached hydrogens (tertiary/aromatic N) is 1. The van der Waals surface area contributed by atoms with Crippen LogP contribution in [0.3, 0.4) is 0 Å². The van der Waals surface area contributed by atoms with Gasteiger partial charge in [0, 0.05) is 31.8 Å². The fraction of sp³-hybridized carbons (Fsp3) is 0.231. The molecule has 1 atom stereocenters. The first-order valence-electron chi connectivity index (χ1n) is 10.5. The molecule has 0 heterocycles. The molecule has 1 amide bonds. The number of hydrogen-bond acceptors (Lipinski definition) is 5. The first-order chi connectivity index (χ1) is 15.9. The number of anilines is 1. The summed E-state index contributed by atoms with van der Waals surface area (Å²) in [6.45, 7) is 0.0703. The fourth-order valence-electron chi connectivity index (χ4n) is 3.50. The average Bonchev–Trinajstić information content (AvgIpc) is 2.82. The van der Waals surface area contributed by atoms with Crippen LogP contribution < -0.4 is 15.0 Å². The number of aliphatic carboxylic acids is 1. The summed E-state index contributed by atoms with van der Waals surface area (Å²) in [7, 11) is 5.56. The largest absolute Gasteiger partial charge is 0.496 e. The van der Waals surface area contributed by atoms with Gasteiger partial charge in [-0.1, -0.05) is 60.7 Å². The third-order valence-corrected chi connectivity index (χ3v) is 5.19. The maximum atomic E-state index is 12.1. The zero-order chi connectivity index (χ0) is 23.8. The van der Waals surface area contributed by atoms with E-state index in [9.17, 15) is 14.7 Å². The van der Waals surface area contributed by atoms with Crippen molar-refractivity contribution in [3.05, 3.63) is 83.9 Å². The van der Waals surface area contributed by atoms with Crippen LogP contribution in [0.25, 0.3) is 11.1 Å². The molecule has 3 aromatic carbocycles. The number of alkyl carbamates (subject to hydrolysis) is 1. The van der Waals surface area contributed by atoms with E-state index in [1.807, 2.05) is 91.8 Å². The zero-order valence-corrected chi connectivity index (χ0v) is 18.9. The van der Waals surface area contributed by atoms with Gasteiger partial charge in [-0.3, -0.25) is 0 Å². The number of carboxylic acids is 1. The second-order valence-electron chi connectivity index (χ2n) is 7.75. The van der Waals surface area contributed by atoms with Crippen LogP contribution in [0.1, 0.15) is 11.1 Å². The lowest BCUT2D eigenvalue weighted by Crippen LogP contribution is -2.42. The molecule has 0 saturated carbocycles. The fourth-order valence-corrected chi connectivity index (χ4v) is 3.50. The first kappa shape index (κ1) is 23.7. The standard InChI is InChI=1S/C26H28N2O5/c1-28(2)22-10-7-11-23(32-3)24(22)20-14-12-18(13-15-20)16-21(25(29)30)27-26(31)33-17-19-8-5-4-6-9-19/h4-15,21H,16-17H2,1-3H3,(H,27,31)(H,29,30)/t21-/m0/s1. The van der Waals surface area contributed by atoms with Gasteiger partial charge < -0.3 is 24.8 Å². The van der Waals surface area contributed by atoms with E-state index in [0.717, 1.165) is 33.7 Å². The minimum absolute atomic E-state index is 0.0703. The van der Waals surface area contributed by atoms with Crippen LogP contribution in [0.4, 0.5) is 10.5 Å². The van der Waals surface area contributed by atoms with Crippen molar-refractivity contribution in [1.82, 2.24) is 5.32 Å². The minimum atomic E-state index is -1.13. The SMILES string of the molecule is COc1cccc(N(C)C)c1-c1ccc(C[C@H](NC(=O)OCc2ccccc2)C(=O)O)cc1. The lowest BCUT2D eigenvalue weighted by molar-refractivity contribution is -0.139. The molecule has 0 aliphatic heterocycles. The quantitative estimate of drug-likeness (QED) is 0.506. The molecule has 7 nitrogen and oxygen atoms in total. The lowest BCUT2D eigenvalue weighted by Gasteiger charge is -2.20. The molecule has 0 fully saturated rings. The maximum Gasteiger partial charge on any atom is 0.408 e. The van der Waals surface area contributed by atoms with E-state index < -0.39 is 18.1 Å². The number of nitrogens with one attached hydrogen (secondary N) is 1. The summed E-state index contributed by atoms with van der Waals surface area (Å²) in [5.41, 5.74) is 4.50. The Hall–Kier alpha value is -4.00. The summed E-state index contributed by atoms with van der Waals surface area (Å²) in [6, 6.07) is 21.5. The molecule has 172 valence electrons. The Morgan fingerprint density at radius 2 is 1.64 bits per heavy atom. The molecular weight excluding hydrogens is 420 g/mol. The molecule has 0 spiro atoms. The predicted octanol–water partition coefficient (Wildman–Crippen LogP) is 4.35. The highest BCUT2D eigenvalue weighted by Gasteiger charge is 2.21. The van der Waals surface area contributed by atoms with Crippen LogP contribution in [-0.4, -0.2) is 44.4 Å². The molecule has 7 heteroatoms. The number of hydrogen-bond donors (Lipinski definition) is 2. The third-order valence-electron chi connectivity index (χ3n) is 5.19. The van der Waals surface area contributed by atoms with Gasteiger partial charge in [0.05, 0.1) is 7.11 Å². The number of carbonyl (C=O) groups excluding carboxylic acids is 1. The molecule has 0 bridgehead atoms. The van der Waals surface area contributed by atoms with Gasteiger partial charge in [0.2, 0.25) is 0 Å². The Morgan fingerprint density at radius 3 is 2.24 bits per heavy atom. The van der Waals surface area contributed by atoms with Gasteiger partial charge in [0.25, 0.3) is 0 Å². The van der Waals surface area contributed by atoms with E-state index in [2.05, 4.69) is 5.32 Å². The van der Waals surface area contributed by atoms with Gasteiger partial charge in [0.15, 0.2) is 0 Å². The highest BCUT2D eigenvalue weighted by atomic mass is 16.5. The summed E-state index contributed by atoms with van der Waals surface area (Å²) >= 11 is 0. The molecule has 2 N–H and O–H groups in total. The number of rotatable bonds is 9. The van der Waals surface area contributed by atoms with E-state index >= 15 is 0 Å². The van der Waals surface area contributed by atoms with E-state index in [1.54, 1.807) is 7.11 Å². The van der Waals surface area contributed by atoms with E-state index in [0.29, 0.717) is 0 Å². The van der Waals surface area contributed by atoms with E-state index in [1.165, 1.54) is 0 Å². The normalized spacial score (nSPS) is 11.4. The van der Waals surface area contributed by atoms with Crippen molar-refractivity contribution in [3.8, 4) is 16.9 Å². The average molecular weight is 449 g/mol. The lowest BCUT2D eigenvalue weighted by atomic mass is 9.98. The number of methoxy groups -OCH3 is 1. The van der Waals surface area contributed by atoms with Crippen molar-refractivity contribution in [2.45, 2.75) is 19.1 Å². The van der Waals surface area contributed by atoms with Crippen LogP contribution in [0.15, 0.2) is 72.8 Å². The van der Waals surface area contributed by atoms with Crippen LogP contribution >= 0.6 is 0 Å². The zero-order valence-electron chi connectivity index (χ0n) is 18.9. The van der Waals surface area contributed by atoms with Crippen LogP contribution in [0, 0.1) is 0 Å². The third kappa shape index (κ3) is 6.26. The van der Waals surface area contributed by atoms with Crippen molar-refractivity contribution in [2.75, 3.05) is 26.1 Å². The number of benzene rings is 3. The summed E-state index contributed by atoms with van der Waals surface area (Å²) < 4.78 is 10.7. The number of ether oxygens (including phenoxy) is 2. The first-order valence-corrected chi connectivity index (χ1v) is 10.5. The van der Waals surface area contributed by atoms with Crippen LogP contribution in [-0.2, 0) is 22.6 Å². The summed E-state index contributed by atoms with van der Waals surface area (Å²) in [6.07, 6.45) is -0.643. The molecule has 0 unspecified atom stereocenters. The smallest absolute Gasteiger partial charge is 0.408 e. The van der Waals surface area contributed by atoms with Gasteiger partial charge in [-0.25, -0.2) is 9.59 Å². The van der Waals surface area contributed by atoms with Crippen molar-refractivity contribution < 1.29 is 24.2 Å². The van der Waals surface area contributed by atoms with Gasteiger partial charge >= 0.3 is 12.1 Å². The monoisotopic (exact) mass is 448 g/mol. The van der Waals surface area contributed by atoms with Crippen molar-refractivity contribution in [1.29, 1.82) is 0 Å². The molecule has 0 aliphatic carbocycles. The molecular formula is C26H28N2O5. The maximum absolute atomic E-state index is 12.1. The van der Waals surface area contributed by atoms with Crippen LogP contribution in [0.5, 0.6) is 5.75 Å². The van der Waals surface area contributed by atoms with Gasteiger partial charge in [0.1, 0.15) is 18.4 Å². The summed E-state index contributed by atoms with van der Waals surface area (Å²) in [5, 5.41) is 12.0. The molecule has 0 saturated heterocycles.